The summed E-state index contributed by atoms with van der Waals surface area (Å²) in [6, 6.07) is 0. The lowest BCUT2D eigenvalue weighted by Gasteiger charge is -2.30. The minimum Gasteiger partial charge on any atom is -0.328 e. The van der Waals surface area contributed by atoms with E-state index in [0.717, 1.165) is 0 Å². The molecule has 0 radical (unpaired) electrons. The SMILES string of the molecule is CCCCCCCCCC[N+](C)(C)CCCCCC. The highest BCUT2D eigenvalue weighted by atomic mass is 15.3. The first-order valence-corrected chi connectivity index (χ1v) is 8.94. The summed E-state index contributed by atoms with van der Waals surface area (Å²) in [4.78, 5) is 0. The van der Waals surface area contributed by atoms with E-state index in [1.54, 1.807) is 0 Å². The van der Waals surface area contributed by atoms with Gasteiger partial charge < -0.3 is 4.48 Å². The lowest BCUT2D eigenvalue weighted by molar-refractivity contribution is -0.890. The fourth-order valence-corrected chi connectivity index (χ4v) is 2.75. The smallest absolute Gasteiger partial charge is 0.0782 e. The van der Waals surface area contributed by atoms with Crippen molar-refractivity contribution < 1.29 is 4.48 Å². The number of quaternary nitrogens is 1. The Morgan fingerprint density at radius 3 is 1.21 bits per heavy atom. The van der Waals surface area contributed by atoms with E-state index in [1.807, 2.05) is 0 Å². The van der Waals surface area contributed by atoms with E-state index in [1.165, 1.54) is 94.6 Å². The average Bonchev–Trinajstić information content (AvgIpc) is 2.38. The summed E-state index contributed by atoms with van der Waals surface area (Å²) in [5.41, 5.74) is 0. The molecule has 0 aliphatic rings. The van der Waals surface area contributed by atoms with Crippen LogP contribution in [0.2, 0.25) is 0 Å². The van der Waals surface area contributed by atoms with Crippen LogP contribution in [0.1, 0.15) is 90.9 Å². The van der Waals surface area contributed by atoms with Crippen molar-refractivity contribution in [3.63, 3.8) is 0 Å². The predicted molar refractivity (Wildman–Crippen MR) is 88.6 cm³/mol. The molecular weight excluding hydrogens is 230 g/mol. The molecule has 0 aromatic carbocycles. The van der Waals surface area contributed by atoms with Crippen LogP contribution in [0.15, 0.2) is 0 Å². The van der Waals surface area contributed by atoms with Crippen molar-refractivity contribution in [2.24, 2.45) is 0 Å². The van der Waals surface area contributed by atoms with Gasteiger partial charge in [0.05, 0.1) is 27.2 Å². The highest BCUT2D eigenvalue weighted by Gasteiger charge is 2.13. The van der Waals surface area contributed by atoms with Gasteiger partial charge in [-0.15, -0.1) is 0 Å². The Kier molecular flexibility index (Phi) is 12.9. The van der Waals surface area contributed by atoms with Gasteiger partial charge in [-0.25, -0.2) is 0 Å². The Labute approximate surface area is 123 Å². The van der Waals surface area contributed by atoms with Gasteiger partial charge in [-0.05, 0) is 25.7 Å². The molecule has 0 N–H and O–H groups in total. The molecule has 0 aliphatic heterocycles. The van der Waals surface area contributed by atoms with Crippen LogP contribution in [0.5, 0.6) is 0 Å². The largest absolute Gasteiger partial charge is 0.328 e. The molecule has 0 aliphatic carbocycles. The van der Waals surface area contributed by atoms with Crippen molar-refractivity contribution in [3.05, 3.63) is 0 Å². The van der Waals surface area contributed by atoms with Gasteiger partial charge in [0.25, 0.3) is 0 Å². The Morgan fingerprint density at radius 1 is 0.474 bits per heavy atom. The van der Waals surface area contributed by atoms with Crippen LogP contribution in [-0.2, 0) is 0 Å². The quantitative estimate of drug-likeness (QED) is 0.277. The van der Waals surface area contributed by atoms with Crippen LogP contribution in [0, 0.1) is 0 Å². The van der Waals surface area contributed by atoms with Crippen molar-refractivity contribution in [1.29, 1.82) is 0 Å². The summed E-state index contributed by atoms with van der Waals surface area (Å²) in [6.45, 7) is 7.33. The molecule has 1 nitrogen and oxygen atoms in total. The number of nitrogens with zero attached hydrogens (tertiary/aromatic N) is 1. The van der Waals surface area contributed by atoms with E-state index < -0.39 is 0 Å². The Bertz CT molecular complexity index is 175. The number of rotatable bonds is 14. The molecule has 19 heavy (non-hydrogen) atoms. The summed E-state index contributed by atoms with van der Waals surface area (Å²) < 4.78 is 1.24. The van der Waals surface area contributed by atoms with Gasteiger partial charge in [-0.1, -0.05) is 65.2 Å². The molecule has 0 aromatic heterocycles. The van der Waals surface area contributed by atoms with E-state index in [9.17, 15) is 0 Å². The second-order valence-corrected chi connectivity index (χ2v) is 6.92. The molecule has 0 bridgehead atoms. The lowest BCUT2D eigenvalue weighted by atomic mass is 10.1. The highest BCUT2D eigenvalue weighted by molar-refractivity contribution is 4.47. The van der Waals surface area contributed by atoms with Crippen molar-refractivity contribution in [2.75, 3.05) is 27.2 Å². The number of unbranched alkanes of at least 4 members (excludes halogenated alkanes) is 10. The van der Waals surface area contributed by atoms with Crippen LogP contribution in [0.25, 0.3) is 0 Å². The molecule has 116 valence electrons. The Hall–Kier alpha value is -0.0400. The third-order valence-corrected chi connectivity index (χ3v) is 4.23. The van der Waals surface area contributed by atoms with Crippen molar-refractivity contribution >= 4 is 0 Å². The van der Waals surface area contributed by atoms with Gasteiger partial charge in [0, 0.05) is 0 Å². The molecule has 0 aromatic rings. The molecule has 0 unspecified atom stereocenters. The van der Waals surface area contributed by atoms with Crippen molar-refractivity contribution in [3.8, 4) is 0 Å². The van der Waals surface area contributed by atoms with Crippen molar-refractivity contribution in [2.45, 2.75) is 90.9 Å². The van der Waals surface area contributed by atoms with Gasteiger partial charge in [0.15, 0.2) is 0 Å². The van der Waals surface area contributed by atoms with E-state index in [-0.39, 0.29) is 0 Å². The molecule has 0 spiro atoms. The predicted octanol–water partition coefficient (Wildman–Crippen LogP) is 5.78. The van der Waals surface area contributed by atoms with Crippen molar-refractivity contribution in [1.82, 2.24) is 0 Å². The third kappa shape index (κ3) is 14.2. The van der Waals surface area contributed by atoms with Gasteiger partial charge >= 0.3 is 0 Å². The minimum atomic E-state index is 1.24. The maximum Gasteiger partial charge on any atom is 0.0782 e. The van der Waals surface area contributed by atoms with Crippen LogP contribution in [-0.4, -0.2) is 31.7 Å². The van der Waals surface area contributed by atoms with Gasteiger partial charge in [0.2, 0.25) is 0 Å². The average molecular weight is 271 g/mol. The number of hydrogen-bond acceptors (Lipinski definition) is 0. The first-order chi connectivity index (χ1) is 9.12. The first kappa shape index (κ1) is 19.0. The molecule has 0 saturated heterocycles. The zero-order valence-electron chi connectivity index (χ0n) is 14.3. The summed E-state index contributed by atoms with van der Waals surface area (Å²) in [5.74, 6) is 0. The molecule has 0 rings (SSSR count). The standard InChI is InChI=1S/C18H40N/c1-5-7-9-11-12-13-14-16-18-19(3,4)17-15-10-8-6-2/h5-18H2,1-4H3/q+1. The van der Waals surface area contributed by atoms with Gasteiger partial charge in [0.1, 0.15) is 0 Å². The van der Waals surface area contributed by atoms with E-state index in [0.29, 0.717) is 0 Å². The maximum atomic E-state index is 2.41. The highest BCUT2D eigenvalue weighted by Crippen LogP contribution is 2.11. The lowest BCUT2D eigenvalue weighted by Crippen LogP contribution is -2.41. The molecule has 0 saturated carbocycles. The van der Waals surface area contributed by atoms with Crippen LogP contribution >= 0.6 is 0 Å². The fourth-order valence-electron chi connectivity index (χ4n) is 2.75. The Morgan fingerprint density at radius 2 is 0.789 bits per heavy atom. The van der Waals surface area contributed by atoms with E-state index >= 15 is 0 Å². The van der Waals surface area contributed by atoms with Gasteiger partial charge in [-0.3, -0.25) is 0 Å². The molecule has 1 heteroatoms. The topological polar surface area (TPSA) is 0 Å². The summed E-state index contributed by atoms with van der Waals surface area (Å²) in [6.07, 6.45) is 17.1. The molecule has 0 amide bonds. The summed E-state index contributed by atoms with van der Waals surface area (Å²) in [7, 11) is 4.82. The maximum absolute atomic E-state index is 2.41. The zero-order valence-corrected chi connectivity index (χ0v) is 14.3. The normalized spacial score (nSPS) is 12.0. The minimum absolute atomic E-state index is 1.24. The van der Waals surface area contributed by atoms with Crippen LogP contribution in [0.3, 0.4) is 0 Å². The van der Waals surface area contributed by atoms with E-state index in [2.05, 4.69) is 27.9 Å². The zero-order chi connectivity index (χ0) is 14.4. The molecular formula is C18H40N+. The molecule has 0 heterocycles. The molecule has 0 atom stereocenters. The van der Waals surface area contributed by atoms with Crippen LogP contribution in [0.4, 0.5) is 0 Å². The number of hydrogen-bond donors (Lipinski definition) is 0. The monoisotopic (exact) mass is 270 g/mol. The van der Waals surface area contributed by atoms with Gasteiger partial charge in [-0.2, -0.15) is 0 Å². The first-order valence-electron chi connectivity index (χ1n) is 8.94. The second-order valence-electron chi connectivity index (χ2n) is 6.92. The summed E-state index contributed by atoms with van der Waals surface area (Å²) in [5, 5.41) is 0. The third-order valence-electron chi connectivity index (χ3n) is 4.23. The summed E-state index contributed by atoms with van der Waals surface area (Å²) >= 11 is 0. The molecule has 0 fully saturated rings. The fraction of sp³-hybridized carbons (Fsp3) is 1.00. The Balaban J connectivity index is 3.32. The second kappa shape index (κ2) is 13.0. The van der Waals surface area contributed by atoms with Crippen LogP contribution < -0.4 is 0 Å². The van der Waals surface area contributed by atoms with E-state index in [4.69, 9.17) is 0 Å².